The highest BCUT2D eigenvalue weighted by Crippen LogP contribution is 2.22. The van der Waals surface area contributed by atoms with Crippen LogP contribution in [0.25, 0.3) is 0 Å². The molecule has 0 bridgehead atoms. The Bertz CT molecular complexity index is 796. The number of amides is 1. The van der Waals surface area contributed by atoms with Gasteiger partial charge in [-0.3, -0.25) is 14.9 Å². The van der Waals surface area contributed by atoms with Crippen LogP contribution in [0.3, 0.4) is 0 Å². The smallest absolute Gasteiger partial charge is 0.269 e. The van der Waals surface area contributed by atoms with Gasteiger partial charge in [0.25, 0.3) is 5.69 Å². The molecule has 0 aromatic heterocycles. The van der Waals surface area contributed by atoms with Crippen LogP contribution in [0.15, 0.2) is 46.4 Å². The number of benzene rings is 2. The summed E-state index contributed by atoms with van der Waals surface area (Å²) < 4.78 is 0. The lowest BCUT2D eigenvalue weighted by Gasteiger charge is -2.04. The molecular formula is C17H17N3O4S. The van der Waals surface area contributed by atoms with E-state index < -0.39 is 4.92 Å². The molecule has 0 atom stereocenters. The Morgan fingerprint density at radius 3 is 2.44 bits per heavy atom. The first-order valence-electron chi connectivity index (χ1n) is 7.36. The molecule has 0 heterocycles. The van der Waals surface area contributed by atoms with E-state index in [2.05, 4.69) is 10.5 Å². The minimum Gasteiger partial charge on any atom is -0.507 e. The average molecular weight is 359 g/mol. The first kappa shape index (κ1) is 18.5. The minimum absolute atomic E-state index is 0.0119. The van der Waals surface area contributed by atoms with Gasteiger partial charge in [0.1, 0.15) is 5.75 Å². The maximum absolute atomic E-state index is 11.8. The molecule has 1 amide bonds. The van der Waals surface area contributed by atoms with E-state index in [4.69, 9.17) is 0 Å². The van der Waals surface area contributed by atoms with E-state index in [-0.39, 0.29) is 23.1 Å². The topological polar surface area (TPSA) is 105 Å². The maximum Gasteiger partial charge on any atom is 0.269 e. The van der Waals surface area contributed by atoms with Crippen LogP contribution >= 0.6 is 11.8 Å². The van der Waals surface area contributed by atoms with Crippen LogP contribution in [0.1, 0.15) is 16.7 Å². The van der Waals surface area contributed by atoms with Gasteiger partial charge in [0.15, 0.2) is 0 Å². The normalized spacial score (nSPS) is 10.8. The molecule has 25 heavy (non-hydrogen) atoms. The van der Waals surface area contributed by atoms with Crippen LogP contribution in [0.2, 0.25) is 0 Å². The molecule has 8 heteroatoms. The third-order valence-electron chi connectivity index (χ3n) is 3.33. The maximum atomic E-state index is 11.8. The van der Waals surface area contributed by atoms with Crippen molar-refractivity contribution in [3.63, 3.8) is 0 Å². The number of nitrogens with zero attached hydrogens (tertiary/aromatic N) is 2. The van der Waals surface area contributed by atoms with E-state index in [1.165, 1.54) is 30.1 Å². The van der Waals surface area contributed by atoms with Crippen LogP contribution < -0.4 is 5.43 Å². The number of carbonyl (C=O) groups excluding carboxylic acids is 1. The van der Waals surface area contributed by atoms with Gasteiger partial charge < -0.3 is 5.11 Å². The van der Waals surface area contributed by atoms with Crippen molar-refractivity contribution in [3.05, 3.63) is 63.2 Å². The van der Waals surface area contributed by atoms with Crippen molar-refractivity contribution in [2.24, 2.45) is 5.10 Å². The van der Waals surface area contributed by atoms with Crippen LogP contribution in [0.4, 0.5) is 5.69 Å². The number of hydrogen-bond acceptors (Lipinski definition) is 6. The number of hydrazone groups is 1. The molecule has 0 aliphatic carbocycles. The van der Waals surface area contributed by atoms with Gasteiger partial charge in [-0.25, -0.2) is 5.43 Å². The van der Waals surface area contributed by atoms with Gasteiger partial charge in [-0.2, -0.15) is 5.10 Å². The molecule has 2 aromatic carbocycles. The number of phenolic OH excluding ortho intramolecular Hbond substituents is 1. The molecule has 0 radical (unpaired) electrons. The Kier molecular flexibility index (Phi) is 6.13. The highest BCUT2D eigenvalue weighted by atomic mass is 32.2. The number of phenols is 1. The molecule has 0 saturated carbocycles. The molecule has 7 nitrogen and oxygen atoms in total. The predicted octanol–water partition coefficient (Wildman–Crippen LogP) is 3.16. The van der Waals surface area contributed by atoms with E-state index in [1.807, 2.05) is 0 Å². The number of nitrogens with one attached hydrogen (secondary N) is 1. The van der Waals surface area contributed by atoms with Gasteiger partial charge in [0.05, 0.1) is 16.9 Å². The number of nitro groups is 1. The molecule has 2 aromatic rings. The number of aromatic hydroxyl groups is 1. The van der Waals surface area contributed by atoms with Crippen LogP contribution in [-0.4, -0.2) is 27.9 Å². The van der Waals surface area contributed by atoms with E-state index in [0.717, 1.165) is 21.6 Å². The van der Waals surface area contributed by atoms with Crippen molar-refractivity contribution in [2.75, 3.05) is 5.75 Å². The number of rotatable bonds is 6. The second kappa shape index (κ2) is 8.29. The summed E-state index contributed by atoms with van der Waals surface area (Å²) in [7, 11) is 0. The summed E-state index contributed by atoms with van der Waals surface area (Å²) in [5.41, 5.74) is 4.68. The van der Waals surface area contributed by atoms with Gasteiger partial charge in [-0.1, -0.05) is 0 Å². The van der Waals surface area contributed by atoms with Gasteiger partial charge in [0, 0.05) is 17.0 Å². The first-order chi connectivity index (χ1) is 11.9. The summed E-state index contributed by atoms with van der Waals surface area (Å²) in [5.74, 6) is 0.107. The second-order valence-corrected chi connectivity index (χ2v) is 6.38. The summed E-state index contributed by atoms with van der Waals surface area (Å²) in [6.45, 7) is 3.58. The molecule has 0 aliphatic rings. The molecule has 2 N–H and O–H groups in total. The number of aryl methyl sites for hydroxylation is 2. The predicted molar refractivity (Wildman–Crippen MR) is 97.1 cm³/mol. The lowest BCUT2D eigenvalue weighted by Crippen LogP contribution is -2.19. The highest BCUT2D eigenvalue weighted by Gasteiger charge is 2.06. The molecule has 0 saturated heterocycles. The van der Waals surface area contributed by atoms with Crippen molar-refractivity contribution >= 4 is 29.6 Å². The summed E-state index contributed by atoms with van der Waals surface area (Å²) >= 11 is 1.26. The monoisotopic (exact) mass is 359 g/mol. The van der Waals surface area contributed by atoms with E-state index >= 15 is 0 Å². The van der Waals surface area contributed by atoms with Gasteiger partial charge in [0.2, 0.25) is 5.91 Å². The molecule has 0 spiro atoms. The number of thioether (sulfide) groups is 1. The quantitative estimate of drug-likeness (QED) is 0.357. The van der Waals surface area contributed by atoms with Gasteiger partial charge in [-0.15, -0.1) is 11.8 Å². The lowest BCUT2D eigenvalue weighted by atomic mass is 10.1. The fraction of sp³-hybridized carbons (Fsp3) is 0.176. The fourth-order valence-electron chi connectivity index (χ4n) is 2.09. The van der Waals surface area contributed by atoms with Crippen LogP contribution in [0, 0.1) is 24.0 Å². The van der Waals surface area contributed by atoms with E-state index in [0.29, 0.717) is 0 Å². The lowest BCUT2D eigenvalue weighted by molar-refractivity contribution is -0.384. The third-order valence-corrected chi connectivity index (χ3v) is 4.35. The second-order valence-electron chi connectivity index (χ2n) is 5.34. The van der Waals surface area contributed by atoms with Crippen molar-refractivity contribution < 1.29 is 14.8 Å². The molecular weight excluding hydrogens is 342 g/mol. The zero-order valence-electron chi connectivity index (χ0n) is 13.7. The van der Waals surface area contributed by atoms with Gasteiger partial charge >= 0.3 is 0 Å². The number of nitro benzene ring substituents is 1. The van der Waals surface area contributed by atoms with E-state index in [1.54, 1.807) is 38.1 Å². The van der Waals surface area contributed by atoms with Crippen molar-refractivity contribution in [1.82, 2.24) is 5.43 Å². The summed E-state index contributed by atoms with van der Waals surface area (Å²) in [5, 5.41) is 24.2. The van der Waals surface area contributed by atoms with E-state index in [9.17, 15) is 20.0 Å². The molecule has 0 fully saturated rings. The van der Waals surface area contributed by atoms with Crippen LogP contribution in [0.5, 0.6) is 5.75 Å². The average Bonchev–Trinajstić information content (AvgIpc) is 2.58. The zero-order valence-corrected chi connectivity index (χ0v) is 14.5. The van der Waals surface area contributed by atoms with Crippen molar-refractivity contribution in [2.45, 2.75) is 18.7 Å². The van der Waals surface area contributed by atoms with Crippen molar-refractivity contribution in [3.8, 4) is 5.75 Å². The Morgan fingerprint density at radius 1 is 1.28 bits per heavy atom. The first-order valence-corrected chi connectivity index (χ1v) is 8.34. The Morgan fingerprint density at radius 2 is 1.88 bits per heavy atom. The fourth-order valence-corrected chi connectivity index (χ4v) is 2.78. The number of non-ortho nitro benzene ring substituents is 1. The molecule has 0 unspecified atom stereocenters. The Balaban J connectivity index is 1.85. The largest absolute Gasteiger partial charge is 0.507 e. The summed E-state index contributed by atoms with van der Waals surface area (Å²) in [6, 6.07) is 9.53. The molecule has 2 rings (SSSR count). The Labute approximate surface area is 148 Å². The molecule has 0 aliphatic heterocycles. The number of hydrogen-bond donors (Lipinski definition) is 2. The SMILES string of the molecule is Cc1cc(/C=N/NC(=O)CSc2ccc([N+](=O)[O-])cc2)cc(C)c1O. The minimum atomic E-state index is -0.470. The highest BCUT2D eigenvalue weighted by molar-refractivity contribution is 8.00. The zero-order chi connectivity index (χ0) is 18.4. The molecule has 130 valence electrons. The van der Waals surface area contributed by atoms with Crippen LogP contribution in [-0.2, 0) is 4.79 Å². The number of carbonyl (C=O) groups is 1. The Hall–Kier alpha value is -2.87. The van der Waals surface area contributed by atoms with Crippen molar-refractivity contribution in [1.29, 1.82) is 0 Å². The summed E-state index contributed by atoms with van der Waals surface area (Å²) in [6.07, 6.45) is 1.51. The third kappa shape index (κ3) is 5.32. The van der Waals surface area contributed by atoms with Gasteiger partial charge in [-0.05, 0) is 54.8 Å². The summed E-state index contributed by atoms with van der Waals surface area (Å²) in [4.78, 5) is 22.6. The standard InChI is InChI=1S/C17H17N3O4S/c1-11-7-13(8-12(2)17(11)22)9-18-19-16(21)10-25-15-5-3-14(4-6-15)20(23)24/h3-9,22H,10H2,1-2H3,(H,19,21)/b18-9+.